The number of rotatable bonds is 4. The molecule has 1 amide bonds. The lowest BCUT2D eigenvalue weighted by molar-refractivity contribution is -0.128. The molecule has 2 aromatic carbocycles. The number of carbonyl (C=O) groups is 1. The molecular formula is C22H26N2O2. The molecule has 2 saturated heterocycles. The van der Waals surface area contributed by atoms with Crippen LogP contribution in [0.5, 0.6) is 0 Å². The van der Waals surface area contributed by atoms with E-state index in [2.05, 4.69) is 41.3 Å². The highest BCUT2D eigenvalue weighted by Crippen LogP contribution is 2.35. The summed E-state index contributed by atoms with van der Waals surface area (Å²) in [7, 11) is 0. The molecule has 4 rings (SSSR count). The largest absolute Gasteiger partial charge is 0.379 e. The number of carbonyl (C=O) groups excluding carboxylic acids is 1. The van der Waals surface area contributed by atoms with E-state index in [4.69, 9.17) is 4.74 Å². The number of ether oxygens (including phenoxy) is 1. The molecule has 4 nitrogen and oxygen atoms in total. The molecule has 1 spiro atoms. The second-order valence-electron chi connectivity index (χ2n) is 7.66. The number of likely N-dealkylation sites (tertiary alicyclic amines) is 1. The lowest BCUT2D eigenvalue weighted by Crippen LogP contribution is -2.40. The molecule has 1 unspecified atom stereocenters. The maximum absolute atomic E-state index is 12.7. The molecule has 0 N–H and O–H groups in total. The first-order valence-electron chi connectivity index (χ1n) is 9.38. The highest BCUT2D eigenvalue weighted by atomic mass is 16.5. The monoisotopic (exact) mass is 350 g/mol. The van der Waals surface area contributed by atoms with Crippen LogP contribution in [0.15, 0.2) is 60.7 Å². The first kappa shape index (κ1) is 17.3. The first-order chi connectivity index (χ1) is 12.7. The zero-order valence-corrected chi connectivity index (χ0v) is 15.1. The van der Waals surface area contributed by atoms with Gasteiger partial charge in [-0.25, -0.2) is 0 Å². The molecule has 4 heteroatoms. The summed E-state index contributed by atoms with van der Waals surface area (Å²) in [6.45, 7) is 5.64. The van der Waals surface area contributed by atoms with Gasteiger partial charge in [0.15, 0.2) is 0 Å². The Morgan fingerprint density at radius 2 is 1.54 bits per heavy atom. The molecule has 136 valence electrons. The Morgan fingerprint density at radius 3 is 2.23 bits per heavy atom. The molecule has 26 heavy (non-hydrogen) atoms. The van der Waals surface area contributed by atoms with Crippen molar-refractivity contribution in [2.45, 2.75) is 19.5 Å². The minimum atomic E-state index is -0.0862. The molecule has 0 aromatic heterocycles. The van der Waals surface area contributed by atoms with Gasteiger partial charge < -0.3 is 9.64 Å². The third kappa shape index (κ3) is 3.97. The van der Waals surface area contributed by atoms with E-state index < -0.39 is 0 Å². The van der Waals surface area contributed by atoms with Gasteiger partial charge in [0.1, 0.15) is 0 Å². The van der Waals surface area contributed by atoms with Gasteiger partial charge in [-0.15, -0.1) is 0 Å². The van der Waals surface area contributed by atoms with Gasteiger partial charge in [-0.1, -0.05) is 60.7 Å². The molecule has 1 atom stereocenters. The van der Waals surface area contributed by atoms with E-state index in [1.54, 1.807) is 0 Å². The summed E-state index contributed by atoms with van der Waals surface area (Å²) in [5, 5.41) is 0. The van der Waals surface area contributed by atoms with E-state index in [0.29, 0.717) is 19.6 Å². The molecule has 2 aliphatic rings. The van der Waals surface area contributed by atoms with Crippen LogP contribution < -0.4 is 0 Å². The highest BCUT2D eigenvalue weighted by Gasteiger charge is 2.45. The van der Waals surface area contributed by atoms with Crippen molar-refractivity contribution >= 4 is 5.91 Å². The SMILES string of the molecule is O=C1CC2(COCCN(Cc3ccccc3)C2)CN1Cc1ccccc1. The van der Waals surface area contributed by atoms with Crippen molar-refractivity contribution < 1.29 is 9.53 Å². The quantitative estimate of drug-likeness (QED) is 0.850. The van der Waals surface area contributed by atoms with Gasteiger partial charge in [-0.05, 0) is 11.1 Å². The first-order valence-corrected chi connectivity index (χ1v) is 9.38. The van der Waals surface area contributed by atoms with E-state index >= 15 is 0 Å². The van der Waals surface area contributed by atoms with Crippen LogP contribution in [0.1, 0.15) is 17.5 Å². The summed E-state index contributed by atoms with van der Waals surface area (Å²) in [6, 6.07) is 20.8. The smallest absolute Gasteiger partial charge is 0.223 e. The fourth-order valence-electron chi connectivity index (χ4n) is 4.19. The van der Waals surface area contributed by atoms with Gasteiger partial charge in [0.05, 0.1) is 13.2 Å². The molecule has 0 radical (unpaired) electrons. The Morgan fingerprint density at radius 1 is 0.885 bits per heavy atom. The maximum Gasteiger partial charge on any atom is 0.223 e. The minimum Gasteiger partial charge on any atom is -0.379 e. The van der Waals surface area contributed by atoms with Crippen molar-refractivity contribution in [3.63, 3.8) is 0 Å². The lowest BCUT2D eigenvalue weighted by Gasteiger charge is -2.31. The molecule has 2 aromatic rings. The topological polar surface area (TPSA) is 32.8 Å². The fraction of sp³-hybridized carbons (Fsp3) is 0.409. The molecule has 2 heterocycles. The van der Waals surface area contributed by atoms with Crippen molar-refractivity contribution in [2.75, 3.05) is 32.8 Å². The molecule has 0 bridgehead atoms. The van der Waals surface area contributed by atoms with E-state index in [0.717, 1.165) is 32.8 Å². The van der Waals surface area contributed by atoms with Crippen molar-refractivity contribution in [3.05, 3.63) is 71.8 Å². The van der Waals surface area contributed by atoms with Crippen LogP contribution in [0.2, 0.25) is 0 Å². The van der Waals surface area contributed by atoms with Gasteiger partial charge in [-0.2, -0.15) is 0 Å². The average Bonchev–Trinajstić information content (AvgIpc) is 2.83. The van der Waals surface area contributed by atoms with Crippen LogP contribution in [0.25, 0.3) is 0 Å². The molecule has 2 fully saturated rings. The minimum absolute atomic E-state index is 0.0862. The van der Waals surface area contributed by atoms with Crippen LogP contribution in [0.4, 0.5) is 0 Å². The summed E-state index contributed by atoms with van der Waals surface area (Å²) in [5.41, 5.74) is 2.42. The lowest BCUT2D eigenvalue weighted by atomic mass is 9.87. The Labute approximate surface area is 155 Å². The van der Waals surface area contributed by atoms with Crippen LogP contribution in [0, 0.1) is 5.41 Å². The molecule has 0 aliphatic carbocycles. The molecule has 2 aliphatic heterocycles. The Kier molecular flexibility index (Phi) is 5.05. The third-order valence-electron chi connectivity index (χ3n) is 5.39. The number of nitrogens with zero attached hydrogens (tertiary/aromatic N) is 2. The number of hydrogen-bond donors (Lipinski definition) is 0. The Hall–Kier alpha value is -2.17. The summed E-state index contributed by atoms with van der Waals surface area (Å²) in [4.78, 5) is 17.1. The third-order valence-corrected chi connectivity index (χ3v) is 5.39. The van der Waals surface area contributed by atoms with Crippen molar-refractivity contribution in [3.8, 4) is 0 Å². The number of hydrogen-bond acceptors (Lipinski definition) is 3. The summed E-state index contributed by atoms with van der Waals surface area (Å²) < 4.78 is 5.93. The van der Waals surface area contributed by atoms with E-state index in [9.17, 15) is 4.79 Å². The van der Waals surface area contributed by atoms with E-state index in [-0.39, 0.29) is 11.3 Å². The highest BCUT2D eigenvalue weighted by molar-refractivity contribution is 5.79. The zero-order valence-electron chi connectivity index (χ0n) is 15.1. The molecular weight excluding hydrogens is 324 g/mol. The summed E-state index contributed by atoms with van der Waals surface area (Å²) in [5.74, 6) is 0.249. The van der Waals surface area contributed by atoms with E-state index in [1.165, 1.54) is 11.1 Å². The van der Waals surface area contributed by atoms with Crippen LogP contribution in [-0.2, 0) is 22.6 Å². The van der Waals surface area contributed by atoms with Crippen molar-refractivity contribution in [2.24, 2.45) is 5.41 Å². The van der Waals surface area contributed by atoms with Crippen molar-refractivity contribution in [1.82, 2.24) is 9.80 Å². The Balaban J connectivity index is 1.45. The normalized spacial score (nSPS) is 24.2. The van der Waals surface area contributed by atoms with Crippen LogP contribution in [-0.4, -0.2) is 48.6 Å². The van der Waals surface area contributed by atoms with Crippen molar-refractivity contribution in [1.29, 1.82) is 0 Å². The summed E-state index contributed by atoms with van der Waals surface area (Å²) in [6.07, 6.45) is 0.588. The van der Waals surface area contributed by atoms with Gasteiger partial charge in [0, 0.05) is 44.6 Å². The standard InChI is InChI=1S/C22H26N2O2/c25-21-13-22(17-24(21)15-20-9-5-2-6-10-20)16-23(11-12-26-18-22)14-19-7-3-1-4-8-19/h1-10H,11-18H2. The van der Waals surface area contributed by atoms with Gasteiger partial charge in [-0.3, -0.25) is 9.69 Å². The molecule has 0 saturated carbocycles. The van der Waals surface area contributed by atoms with Gasteiger partial charge in [0.2, 0.25) is 5.91 Å². The van der Waals surface area contributed by atoms with E-state index in [1.807, 2.05) is 29.2 Å². The average molecular weight is 350 g/mol. The van der Waals surface area contributed by atoms with Crippen LogP contribution in [0.3, 0.4) is 0 Å². The predicted molar refractivity (Wildman–Crippen MR) is 101 cm³/mol. The second-order valence-corrected chi connectivity index (χ2v) is 7.66. The van der Waals surface area contributed by atoms with Gasteiger partial charge >= 0.3 is 0 Å². The van der Waals surface area contributed by atoms with Crippen LogP contribution >= 0.6 is 0 Å². The number of amides is 1. The fourth-order valence-corrected chi connectivity index (χ4v) is 4.19. The predicted octanol–water partition coefficient (Wildman–Crippen LogP) is 2.94. The second kappa shape index (κ2) is 7.60. The summed E-state index contributed by atoms with van der Waals surface area (Å²) >= 11 is 0. The number of benzene rings is 2. The maximum atomic E-state index is 12.7. The zero-order chi connectivity index (χ0) is 17.8. The Bertz CT molecular complexity index is 734. The van der Waals surface area contributed by atoms with Gasteiger partial charge in [0.25, 0.3) is 0 Å².